The Labute approximate surface area is 130 Å². The van der Waals surface area contributed by atoms with Gasteiger partial charge in [0.05, 0.1) is 6.10 Å². The summed E-state index contributed by atoms with van der Waals surface area (Å²) in [4.78, 5) is 0. The molecule has 1 spiro atoms. The quantitative estimate of drug-likeness (QED) is 0.924. The molecular formula is C19H20FNO. The molecule has 2 aromatic rings. The van der Waals surface area contributed by atoms with Crippen molar-refractivity contribution in [2.45, 2.75) is 25.4 Å². The predicted molar refractivity (Wildman–Crippen MR) is 85.4 cm³/mol. The summed E-state index contributed by atoms with van der Waals surface area (Å²) in [6, 6.07) is 14.7. The maximum Gasteiger partial charge on any atom is 0.123 e. The minimum Gasteiger partial charge on any atom is -0.490 e. The number of nitrogens with one attached hydrogen (secondary N) is 1. The van der Waals surface area contributed by atoms with E-state index in [0.717, 1.165) is 30.0 Å². The first-order chi connectivity index (χ1) is 10.7. The number of hydrogen-bond donors (Lipinski definition) is 1. The van der Waals surface area contributed by atoms with Gasteiger partial charge in [0, 0.05) is 6.54 Å². The molecule has 0 aromatic heterocycles. The van der Waals surface area contributed by atoms with E-state index in [1.807, 2.05) is 24.3 Å². The molecule has 0 bridgehead atoms. The summed E-state index contributed by atoms with van der Waals surface area (Å²) in [6.45, 7) is 2.30. The Bertz CT molecular complexity index is 636. The van der Waals surface area contributed by atoms with Gasteiger partial charge in [0.2, 0.25) is 0 Å². The van der Waals surface area contributed by atoms with E-state index < -0.39 is 0 Å². The number of halogens is 1. The van der Waals surface area contributed by atoms with Crippen molar-refractivity contribution in [2.75, 3.05) is 13.1 Å². The lowest BCUT2D eigenvalue weighted by Crippen LogP contribution is -2.45. The lowest BCUT2D eigenvalue weighted by molar-refractivity contribution is -0.00117. The zero-order valence-electron chi connectivity index (χ0n) is 12.5. The third-order valence-corrected chi connectivity index (χ3v) is 4.99. The van der Waals surface area contributed by atoms with Crippen LogP contribution in [0.2, 0.25) is 0 Å². The summed E-state index contributed by atoms with van der Waals surface area (Å²) in [5, 5.41) is 3.45. The first-order valence-electron chi connectivity index (χ1n) is 7.96. The fraction of sp³-hybridized carbons (Fsp3) is 0.368. The molecule has 2 fully saturated rings. The number of ether oxygens (including phenoxy) is 1. The largest absolute Gasteiger partial charge is 0.490 e. The molecule has 2 nitrogen and oxygen atoms in total. The topological polar surface area (TPSA) is 21.3 Å². The molecule has 1 saturated heterocycles. The van der Waals surface area contributed by atoms with Gasteiger partial charge in [-0.05, 0) is 66.6 Å². The zero-order chi connectivity index (χ0) is 15.0. The molecule has 1 aliphatic heterocycles. The van der Waals surface area contributed by atoms with Crippen LogP contribution < -0.4 is 10.1 Å². The van der Waals surface area contributed by atoms with Crippen molar-refractivity contribution in [1.82, 2.24) is 5.32 Å². The Hall–Kier alpha value is -1.87. The van der Waals surface area contributed by atoms with Crippen LogP contribution in [0.15, 0.2) is 48.5 Å². The molecule has 0 atom stereocenters. The molecule has 4 rings (SSSR count). The van der Waals surface area contributed by atoms with Gasteiger partial charge < -0.3 is 10.1 Å². The van der Waals surface area contributed by atoms with Gasteiger partial charge in [0.1, 0.15) is 11.6 Å². The lowest BCUT2D eigenvalue weighted by atomic mass is 9.66. The molecule has 1 heterocycles. The molecule has 1 aliphatic carbocycles. The molecule has 114 valence electrons. The summed E-state index contributed by atoms with van der Waals surface area (Å²) in [5.41, 5.74) is 2.61. The van der Waals surface area contributed by atoms with Crippen molar-refractivity contribution < 1.29 is 9.13 Å². The summed E-state index contributed by atoms with van der Waals surface area (Å²) < 4.78 is 19.0. The summed E-state index contributed by atoms with van der Waals surface area (Å²) in [7, 11) is 0. The normalized spacial score (nSPS) is 26.9. The van der Waals surface area contributed by atoms with E-state index in [1.165, 1.54) is 31.4 Å². The average molecular weight is 297 g/mol. The Morgan fingerprint density at radius 3 is 2.18 bits per heavy atom. The van der Waals surface area contributed by atoms with Gasteiger partial charge in [-0.25, -0.2) is 4.39 Å². The molecular weight excluding hydrogens is 277 g/mol. The van der Waals surface area contributed by atoms with Crippen LogP contribution in [0.4, 0.5) is 4.39 Å². The van der Waals surface area contributed by atoms with Crippen molar-refractivity contribution >= 4 is 0 Å². The first-order valence-corrected chi connectivity index (χ1v) is 7.96. The van der Waals surface area contributed by atoms with Crippen LogP contribution in [0.1, 0.15) is 19.3 Å². The summed E-state index contributed by atoms with van der Waals surface area (Å²) >= 11 is 0. The van der Waals surface area contributed by atoms with E-state index in [9.17, 15) is 4.39 Å². The minimum absolute atomic E-state index is 0.205. The van der Waals surface area contributed by atoms with Crippen LogP contribution in [0.5, 0.6) is 5.75 Å². The number of benzene rings is 2. The highest BCUT2D eigenvalue weighted by Gasteiger charge is 2.47. The van der Waals surface area contributed by atoms with Gasteiger partial charge in [-0.3, -0.25) is 0 Å². The summed E-state index contributed by atoms with van der Waals surface area (Å²) in [6.07, 6.45) is 3.98. The molecule has 2 aromatic carbocycles. The molecule has 0 radical (unpaired) electrons. The maximum absolute atomic E-state index is 13.0. The van der Waals surface area contributed by atoms with E-state index in [4.69, 9.17) is 4.74 Å². The Kier molecular flexibility index (Phi) is 3.38. The first kappa shape index (κ1) is 13.8. The van der Waals surface area contributed by atoms with Crippen molar-refractivity contribution in [3.63, 3.8) is 0 Å². The average Bonchev–Trinajstić information content (AvgIpc) is 2.98. The molecule has 1 N–H and O–H groups in total. The Morgan fingerprint density at radius 2 is 1.59 bits per heavy atom. The highest BCUT2D eigenvalue weighted by atomic mass is 19.1. The fourth-order valence-electron chi connectivity index (χ4n) is 3.69. The Balaban J connectivity index is 1.39. The van der Waals surface area contributed by atoms with Crippen molar-refractivity contribution in [1.29, 1.82) is 0 Å². The van der Waals surface area contributed by atoms with Gasteiger partial charge in [-0.1, -0.05) is 24.3 Å². The standard InChI is InChI=1S/C19H20FNO/c20-16-5-1-14(2-6-16)15-3-7-17(8-4-15)22-18-11-19(12-18)9-10-21-13-19/h1-8,18,21H,9-13H2. The molecule has 2 aliphatic rings. The minimum atomic E-state index is -0.205. The van der Waals surface area contributed by atoms with E-state index >= 15 is 0 Å². The van der Waals surface area contributed by atoms with Gasteiger partial charge in [0.25, 0.3) is 0 Å². The summed E-state index contributed by atoms with van der Waals surface area (Å²) in [5.74, 6) is 0.723. The van der Waals surface area contributed by atoms with Crippen LogP contribution in [0.25, 0.3) is 11.1 Å². The molecule has 22 heavy (non-hydrogen) atoms. The van der Waals surface area contributed by atoms with E-state index in [0.29, 0.717) is 11.5 Å². The third-order valence-electron chi connectivity index (χ3n) is 4.99. The van der Waals surface area contributed by atoms with Crippen LogP contribution in [0.3, 0.4) is 0 Å². The highest BCUT2D eigenvalue weighted by molar-refractivity contribution is 5.64. The van der Waals surface area contributed by atoms with E-state index in [1.54, 1.807) is 12.1 Å². The second kappa shape index (κ2) is 5.40. The van der Waals surface area contributed by atoms with Crippen LogP contribution >= 0.6 is 0 Å². The number of rotatable bonds is 3. The van der Waals surface area contributed by atoms with Gasteiger partial charge in [0.15, 0.2) is 0 Å². The zero-order valence-corrected chi connectivity index (χ0v) is 12.5. The van der Waals surface area contributed by atoms with Gasteiger partial charge in [-0.2, -0.15) is 0 Å². The van der Waals surface area contributed by atoms with Crippen molar-refractivity contribution in [3.8, 4) is 16.9 Å². The molecule has 3 heteroatoms. The van der Waals surface area contributed by atoms with Crippen molar-refractivity contribution in [3.05, 3.63) is 54.3 Å². The second-order valence-electron chi connectivity index (χ2n) is 6.61. The van der Waals surface area contributed by atoms with Crippen LogP contribution in [-0.4, -0.2) is 19.2 Å². The number of hydrogen-bond acceptors (Lipinski definition) is 2. The van der Waals surface area contributed by atoms with E-state index in [-0.39, 0.29) is 5.82 Å². The van der Waals surface area contributed by atoms with Gasteiger partial charge >= 0.3 is 0 Å². The smallest absolute Gasteiger partial charge is 0.123 e. The van der Waals surface area contributed by atoms with E-state index in [2.05, 4.69) is 5.32 Å². The lowest BCUT2D eigenvalue weighted by Gasteiger charge is -2.44. The second-order valence-corrected chi connectivity index (χ2v) is 6.61. The molecule has 1 saturated carbocycles. The van der Waals surface area contributed by atoms with Crippen molar-refractivity contribution in [2.24, 2.45) is 5.41 Å². The predicted octanol–water partition coefficient (Wildman–Crippen LogP) is 4.01. The monoisotopic (exact) mass is 297 g/mol. The molecule has 0 unspecified atom stereocenters. The maximum atomic E-state index is 13.0. The third kappa shape index (κ3) is 2.61. The van der Waals surface area contributed by atoms with Gasteiger partial charge in [-0.15, -0.1) is 0 Å². The Morgan fingerprint density at radius 1 is 0.955 bits per heavy atom. The van der Waals surface area contributed by atoms with Crippen LogP contribution in [-0.2, 0) is 0 Å². The highest BCUT2D eigenvalue weighted by Crippen LogP contribution is 2.47. The fourth-order valence-corrected chi connectivity index (χ4v) is 3.69. The van der Waals surface area contributed by atoms with Crippen LogP contribution in [0, 0.1) is 11.2 Å². The SMILES string of the molecule is Fc1ccc(-c2ccc(OC3CC4(CCNC4)C3)cc2)cc1. The molecule has 0 amide bonds.